The second kappa shape index (κ2) is 14.5. The van der Waals surface area contributed by atoms with Crippen LogP contribution in [0.25, 0.3) is 0 Å². The van der Waals surface area contributed by atoms with E-state index >= 15 is 0 Å². The molecule has 6 heteroatoms. The summed E-state index contributed by atoms with van der Waals surface area (Å²) in [5.41, 5.74) is 3.51. The molecule has 5 atom stereocenters. The third-order valence-corrected chi connectivity index (χ3v) is 8.06. The Kier molecular flexibility index (Phi) is 10.5. The van der Waals surface area contributed by atoms with Gasteiger partial charge in [-0.25, -0.2) is 4.79 Å². The van der Waals surface area contributed by atoms with Crippen LogP contribution in [0, 0.1) is 11.8 Å². The van der Waals surface area contributed by atoms with Crippen molar-refractivity contribution in [2.45, 2.75) is 69.9 Å². The van der Waals surface area contributed by atoms with Gasteiger partial charge in [-0.05, 0) is 74.0 Å². The molecule has 2 N–H and O–H groups in total. The Morgan fingerprint density at radius 3 is 1.73 bits per heavy atom. The first-order valence-corrected chi connectivity index (χ1v) is 14.2. The summed E-state index contributed by atoms with van der Waals surface area (Å²) in [6.45, 7) is 1.90. The van der Waals surface area contributed by atoms with Gasteiger partial charge < -0.3 is 15.2 Å². The molecular weight excluding hydrogens is 502 g/mol. The number of hydrogen-bond donors (Lipinski definition) is 2. The maximum atomic E-state index is 12.5. The van der Waals surface area contributed by atoms with E-state index in [0.717, 1.165) is 44.1 Å². The smallest absolute Gasteiger partial charge is 0.328 e. The van der Waals surface area contributed by atoms with Crippen LogP contribution >= 0.6 is 0 Å². The van der Waals surface area contributed by atoms with Crippen LogP contribution in [0.3, 0.4) is 0 Å². The molecule has 0 bridgehead atoms. The number of esters is 1. The van der Waals surface area contributed by atoms with Gasteiger partial charge in [-0.2, -0.15) is 0 Å². The SMILES string of the molecule is C[C@H](NC(=O)[C@@H]1CC[C@@H](c2ccccc2)C1)C(=O)OCc1ccccc1.O=C(O)[C@@H]1CC[C@@H](c2ccccc2)C1. The van der Waals surface area contributed by atoms with Crippen molar-refractivity contribution in [3.8, 4) is 0 Å². The van der Waals surface area contributed by atoms with Crippen LogP contribution in [0.2, 0.25) is 0 Å². The summed E-state index contributed by atoms with van der Waals surface area (Å²) >= 11 is 0. The van der Waals surface area contributed by atoms with Crippen molar-refractivity contribution in [3.05, 3.63) is 108 Å². The Labute approximate surface area is 236 Å². The molecule has 0 aromatic heterocycles. The first-order valence-electron chi connectivity index (χ1n) is 14.2. The van der Waals surface area contributed by atoms with Gasteiger partial charge in [0.05, 0.1) is 5.92 Å². The van der Waals surface area contributed by atoms with Gasteiger partial charge in [-0.1, -0.05) is 91.0 Å². The number of carboxylic acid groups (broad SMARTS) is 1. The minimum absolute atomic E-state index is 0.0374. The highest BCUT2D eigenvalue weighted by molar-refractivity contribution is 5.85. The third-order valence-electron chi connectivity index (χ3n) is 8.06. The molecule has 0 aliphatic heterocycles. The summed E-state index contributed by atoms with van der Waals surface area (Å²) in [6, 6.07) is 29.4. The highest BCUT2D eigenvalue weighted by atomic mass is 16.5. The molecule has 210 valence electrons. The number of carboxylic acids is 1. The monoisotopic (exact) mass is 541 g/mol. The van der Waals surface area contributed by atoms with Gasteiger partial charge >= 0.3 is 11.9 Å². The van der Waals surface area contributed by atoms with Gasteiger partial charge in [0.1, 0.15) is 12.6 Å². The van der Waals surface area contributed by atoms with Crippen molar-refractivity contribution in [2.24, 2.45) is 11.8 Å². The molecule has 3 aromatic carbocycles. The molecule has 2 saturated carbocycles. The van der Waals surface area contributed by atoms with Crippen molar-refractivity contribution in [1.29, 1.82) is 0 Å². The van der Waals surface area contributed by atoms with E-state index in [0.29, 0.717) is 11.8 Å². The van der Waals surface area contributed by atoms with Crippen LogP contribution < -0.4 is 5.32 Å². The van der Waals surface area contributed by atoms with Crippen LogP contribution in [0.4, 0.5) is 0 Å². The Bertz CT molecular complexity index is 1230. The Hall–Kier alpha value is -3.93. The van der Waals surface area contributed by atoms with E-state index in [1.807, 2.05) is 66.7 Å². The molecule has 0 unspecified atom stereocenters. The topological polar surface area (TPSA) is 92.7 Å². The zero-order valence-corrected chi connectivity index (χ0v) is 23.1. The van der Waals surface area contributed by atoms with Gasteiger partial charge in [-0.15, -0.1) is 0 Å². The third kappa shape index (κ3) is 8.28. The van der Waals surface area contributed by atoms with Gasteiger partial charge in [-0.3, -0.25) is 9.59 Å². The van der Waals surface area contributed by atoms with E-state index in [2.05, 4.69) is 29.6 Å². The van der Waals surface area contributed by atoms with E-state index in [1.165, 1.54) is 11.1 Å². The van der Waals surface area contributed by atoms with Crippen LogP contribution in [0.1, 0.15) is 74.0 Å². The number of aliphatic carboxylic acids is 1. The Morgan fingerprint density at radius 1 is 0.750 bits per heavy atom. The van der Waals surface area contributed by atoms with Crippen molar-refractivity contribution >= 4 is 17.8 Å². The van der Waals surface area contributed by atoms with Crippen LogP contribution in [0.5, 0.6) is 0 Å². The number of rotatable bonds is 8. The fraction of sp³-hybridized carbons (Fsp3) is 0.382. The molecule has 5 rings (SSSR count). The summed E-state index contributed by atoms with van der Waals surface area (Å²) in [5.74, 6) is -0.370. The number of ether oxygens (including phenoxy) is 1. The molecule has 0 saturated heterocycles. The first kappa shape index (κ1) is 29.1. The summed E-state index contributed by atoms with van der Waals surface area (Å²) < 4.78 is 5.29. The van der Waals surface area contributed by atoms with E-state index < -0.39 is 18.0 Å². The zero-order valence-electron chi connectivity index (χ0n) is 23.1. The quantitative estimate of drug-likeness (QED) is 0.319. The summed E-state index contributed by atoms with van der Waals surface area (Å²) in [6.07, 6.45) is 5.35. The summed E-state index contributed by atoms with van der Waals surface area (Å²) in [4.78, 5) is 35.4. The fourth-order valence-corrected chi connectivity index (χ4v) is 5.73. The predicted molar refractivity (Wildman–Crippen MR) is 155 cm³/mol. The molecule has 0 heterocycles. The van der Waals surface area contributed by atoms with E-state index in [9.17, 15) is 14.4 Å². The van der Waals surface area contributed by atoms with Gasteiger partial charge in [0, 0.05) is 5.92 Å². The lowest BCUT2D eigenvalue weighted by Gasteiger charge is -2.17. The lowest BCUT2D eigenvalue weighted by molar-refractivity contribution is -0.149. The molecule has 6 nitrogen and oxygen atoms in total. The first-order chi connectivity index (χ1) is 19.4. The highest BCUT2D eigenvalue weighted by Crippen LogP contribution is 2.39. The lowest BCUT2D eigenvalue weighted by atomic mass is 9.96. The number of hydrogen-bond acceptors (Lipinski definition) is 4. The van der Waals surface area contributed by atoms with Gasteiger partial charge in [0.25, 0.3) is 0 Å². The Balaban J connectivity index is 0.000000222. The molecule has 3 aromatic rings. The molecular formula is C34H39NO5. The molecule has 2 aliphatic rings. The fourth-order valence-electron chi connectivity index (χ4n) is 5.73. The summed E-state index contributed by atoms with van der Waals surface area (Å²) in [7, 11) is 0. The molecule has 0 radical (unpaired) electrons. The number of amides is 1. The van der Waals surface area contributed by atoms with E-state index in [-0.39, 0.29) is 24.3 Å². The maximum Gasteiger partial charge on any atom is 0.328 e. The molecule has 0 spiro atoms. The number of carbonyl (C=O) groups is 3. The second-order valence-electron chi connectivity index (χ2n) is 10.9. The predicted octanol–water partition coefficient (Wildman–Crippen LogP) is 6.47. The molecule has 2 fully saturated rings. The number of carbonyl (C=O) groups excluding carboxylic acids is 2. The molecule has 40 heavy (non-hydrogen) atoms. The average molecular weight is 542 g/mol. The molecule has 1 amide bonds. The largest absolute Gasteiger partial charge is 0.481 e. The van der Waals surface area contributed by atoms with Crippen molar-refractivity contribution in [3.63, 3.8) is 0 Å². The molecule has 2 aliphatic carbocycles. The average Bonchev–Trinajstić information content (AvgIpc) is 3.69. The minimum atomic E-state index is -0.637. The normalized spacial score (nSPS) is 22.4. The standard InChI is InChI=1S/C22H25NO3.C12H14O2/c1-16(22(25)26-15-17-8-4-2-5-9-17)23-21(24)20-13-12-19(14-20)18-10-6-3-7-11-18;13-12(14)11-7-6-10(8-11)9-4-2-1-3-5-9/h2-11,16,19-20H,12-15H2,1H3,(H,23,24);1-5,10-11H,6-8H2,(H,13,14)/t16-,19+,20+;10-,11-/m01/s1. The van der Waals surface area contributed by atoms with Crippen LogP contribution in [-0.2, 0) is 25.7 Å². The summed E-state index contributed by atoms with van der Waals surface area (Å²) in [5, 5.41) is 11.7. The zero-order chi connectivity index (χ0) is 28.3. The maximum absolute atomic E-state index is 12.5. The van der Waals surface area contributed by atoms with E-state index in [1.54, 1.807) is 6.92 Å². The van der Waals surface area contributed by atoms with E-state index in [4.69, 9.17) is 9.84 Å². The second-order valence-corrected chi connectivity index (χ2v) is 10.9. The van der Waals surface area contributed by atoms with Gasteiger partial charge in [0.15, 0.2) is 0 Å². The van der Waals surface area contributed by atoms with Crippen LogP contribution in [0.15, 0.2) is 91.0 Å². The van der Waals surface area contributed by atoms with Gasteiger partial charge in [0.2, 0.25) is 5.91 Å². The minimum Gasteiger partial charge on any atom is -0.481 e. The van der Waals surface area contributed by atoms with Crippen LogP contribution in [-0.4, -0.2) is 29.0 Å². The highest BCUT2D eigenvalue weighted by Gasteiger charge is 2.32. The van der Waals surface area contributed by atoms with Crippen molar-refractivity contribution in [1.82, 2.24) is 5.32 Å². The van der Waals surface area contributed by atoms with Crippen molar-refractivity contribution < 1.29 is 24.2 Å². The number of benzene rings is 3. The number of nitrogens with one attached hydrogen (secondary N) is 1. The Morgan fingerprint density at radius 2 is 1.23 bits per heavy atom. The lowest BCUT2D eigenvalue weighted by Crippen LogP contribution is -2.42. The van der Waals surface area contributed by atoms with Crippen molar-refractivity contribution in [2.75, 3.05) is 0 Å².